The van der Waals surface area contributed by atoms with Crippen LogP contribution in [0.1, 0.15) is 11.3 Å². The van der Waals surface area contributed by atoms with Gasteiger partial charge in [-0.15, -0.1) is 0 Å². The Labute approximate surface area is 113 Å². The minimum atomic E-state index is 0.812. The first-order valence-electron chi connectivity index (χ1n) is 6.46. The molecular weight excluding hydrogens is 232 g/mol. The second kappa shape index (κ2) is 5.11. The molecule has 0 spiro atoms. The molecule has 1 aromatic heterocycles. The van der Waals surface area contributed by atoms with Crippen molar-refractivity contribution in [3.63, 3.8) is 0 Å². The van der Waals surface area contributed by atoms with Crippen molar-refractivity contribution in [3.8, 4) is 0 Å². The van der Waals surface area contributed by atoms with Crippen LogP contribution in [0.5, 0.6) is 0 Å². The standard InChI is InChI=1S/C17H16N2/c1-13-9-10-16(12-18-13)19-11-15-7-4-6-14-5-2-3-8-17(14)15/h2-10,12,19H,11H2,1H3. The quantitative estimate of drug-likeness (QED) is 0.753. The van der Waals surface area contributed by atoms with Gasteiger partial charge in [0, 0.05) is 12.2 Å². The Kier molecular flexibility index (Phi) is 3.15. The van der Waals surface area contributed by atoms with E-state index in [1.165, 1.54) is 16.3 Å². The molecule has 0 aliphatic heterocycles. The lowest BCUT2D eigenvalue weighted by atomic mass is 10.0. The molecule has 3 rings (SSSR count). The maximum absolute atomic E-state index is 4.29. The van der Waals surface area contributed by atoms with Gasteiger partial charge in [0.15, 0.2) is 0 Å². The molecule has 1 heterocycles. The number of nitrogens with one attached hydrogen (secondary N) is 1. The van der Waals surface area contributed by atoms with Gasteiger partial charge in [-0.05, 0) is 35.4 Å². The lowest BCUT2D eigenvalue weighted by Gasteiger charge is -2.09. The molecule has 0 atom stereocenters. The smallest absolute Gasteiger partial charge is 0.0529 e. The first-order valence-corrected chi connectivity index (χ1v) is 6.46. The van der Waals surface area contributed by atoms with Crippen molar-refractivity contribution in [1.82, 2.24) is 4.98 Å². The monoisotopic (exact) mass is 248 g/mol. The van der Waals surface area contributed by atoms with Gasteiger partial charge < -0.3 is 5.32 Å². The number of hydrogen-bond acceptors (Lipinski definition) is 2. The van der Waals surface area contributed by atoms with Crippen LogP contribution < -0.4 is 5.32 Å². The zero-order valence-corrected chi connectivity index (χ0v) is 10.9. The SMILES string of the molecule is Cc1ccc(NCc2cccc3ccccc23)cn1. The van der Waals surface area contributed by atoms with Gasteiger partial charge in [0.05, 0.1) is 11.9 Å². The van der Waals surface area contributed by atoms with Gasteiger partial charge in [0.2, 0.25) is 0 Å². The van der Waals surface area contributed by atoms with Gasteiger partial charge in [-0.1, -0.05) is 42.5 Å². The summed E-state index contributed by atoms with van der Waals surface area (Å²) in [6.07, 6.45) is 1.88. The summed E-state index contributed by atoms with van der Waals surface area (Å²) in [5, 5.41) is 6.00. The summed E-state index contributed by atoms with van der Waals surface area (Å²) >= 11 is 0. The molecule has 0 unspecified atom stereocenters. The minimum absolute atomic E-state index is 0.812. The lowest BCUT2D eigenvalue weighted by molar-refractivity contribution is 1.13. The fourth-order valence-electron chi connectivity index (χ4n) is 2.22. The molecule has 0 saturated heterocycles. The first kappa shape index (κ1) is 11.7. The van der Waals surface area contributed by atoms with E-state index in [4.69, 9.17) is 0 Å². The number of anilines is 1. The summed E-state index contributed by atoms with van der Waals surface area (Å²) in [6.45, 7) is 2.81. The summed E-state index contributed by atoms with van der Waals surface area (Å²) in [5.41, 5.74) is 3.40. The molecule has 19 heavy (non-hydrogen) atoms. The Morgan fingerprint density at radius 1 is 0.947 bits per heavy atom. The van der Waals surface area contributed by atoms with E-state index in [1.807, 2.05) is 19.2 Å². The Bertz CT molecular complexity index is 682. The van der Waals surface area contributed by atoms with Crippen LogP contribution >= 0.6 is 0 Å². The summed E-state index contributed by atoms with van der Waals surface area (Å²) in [5.74, 6) is 0. The Morgan fingerprint density at radius 3 is 2.63 bits per heavy atom. The van der Waals surface area contributed by atoms with E-state index in [-0.39, 0.29) is 0 Å². The number of rotatable bonds is 3. The summed E-state index contributed by atoms with van der Waals surface area (Å²) in [4.78, 5) is 4.29. The molecule has 0 radical (unpaired) electrons. The predicted octanol–water partition coefficient (Wildman–Crippen LogP) is 4.16. The summed E-state index contributed by atoms with van der Waals surface area (Å²) in [7, 11) is 0. The van der Waals surface area contributed by atoms with Crippen molar-refractivity contribution >= 4 is 16.5 Å². The topological polar surface area (TPSA) is 24.9 Å². The van der Waals surface area contributed by atoms with E-state index in [0.29, 0.717) is 0 Å². The molecular formula is C17H16N2. The number of benzene rings is 2. The van der Waals surface area contributed by atoms with Gasteiger partial charge in [0.1, 0.15) is 0 Å². The van der Waals surface area contributed by atoms with Gasteiger partial charge >= 0.3 is 0 Å². The molecule has 2 aromatic carbocycles. The zero-order valence-electron chi connectivity index (χ0n) is 10.9. The van der Waals surface area contributed by atoms with Crippen LogP contribution in [0.3, 0.4) is 0 Å². The predicted molar refractivity (Wildman–Crippen MR) is 80.2 cm³/mol. The number of pyridine rings is 1. The van der Waals surface area contributed by atoms with Crippen LogP contribution in [0.25, 0.3) is 10.8 Å². The first-order chi connectivity index (χ1) is 9.33. The highest BCUT2D eigenvalue weighted by Crippen LogP contribution is 2.19. The van der Waals surface area contributed by atoms with Gasteiger partial charge in [-0.25, -0.2) is 0 Å². The molecule has 3 aromatic rings. The maximum Gasteiger partial charge on any atom is 0.0529 e. The van der Waals surface area contributed by atoms with Gasteiger partial charge in [-0.2, -0.15) is 0 Å². The molecule has 0 amide bonds. The van der Waals surface area contributed by atoms with Crippen molar-refractivity contribution in [1.29, 1.82) is 0 Å². The normalized spacial score (nSPS) is 10.6. The average Bonchev–Trinajstić information content (AvgIpc) is 2.47. The molecule has 0 aliphatic carbocycles. The fraction of sp³-hybridized carbons (Fsp3) is 0.118. The van der Waals surface area contributed by atoms with Crippen LogP contribution in [0, 0.1) is 6.92 Å². The molecule has 0 aliphatic rings. The van der Waals surface area contributed by atoms with E-state index >= 15 is 0 Å². The number of hydrogen-bond donors (Lipinski definition) is 1. The molecule has 1 N–H and O–H groups in total. The lowest BCUT2D eigenvalue weighted by Crippen LogP contribution is -2.00. The van der Waals surface area contributed by atoms with Crippen LogP contribution in [-0.4, -0.2) is 4.98 Å². The number of aromatic nitrogens is 1. The molecule has 2 heteroatoms. The zero-order chi connectivity index (χ0) is 13.1. The minimum Gasteiger partial charge on any atom is -0.380 e. The summed E-state index contributed by atoms with van der Waals surface area (Å²) in [6, 6.07) is 19.0. The van der Waals surface area contributed by atoms with Gasteiger partial charge in [-0.3, -0.25) is 4.98 Å². The largest absolute Gasteiger partial charge is 0.380 e. The molecule has 0 fully saturated rings. The number of fused-ring (bicyclic) bond motifs is 1. The number of aryl methyl sites for hydroxylation is 1. The van der Waals surface area contributed by atoms with Crippen LogP contribution in [-0.2, 0) is 6.54 Å². The van der Waals surface area contributed by atoms with Crippen LogP contribution in [0.15, 0.2) is 60.8 Å². The Hall–Kier alpha value is -2.35. The molecule has 0 saturated carbocycles. The number of nitrogens with zero attached hydrogens (tertiary/aromatic N) is 1. The van der Waals surface area contributed by atoms with Crippen LogP contribution in [0.4, 0.5) is 5.69 Å². The van der Waals surface area contributed by atoms with E-state index in [2.05, 4.69) is 58.8 Å². The molecule has 94 valence electrons. The Balaban J connectivity index is 1.84. The van der Waals surface area contributed by atoms with Crippen molar-refractivity contribution in [2.75, 3.05) is 5.32 Å². The molecule has 2 nitrogen and oxygen atoms in total. The average molecular weight is 248 g/mol. The maximum atomic E-state index is 4.29. The van der Waals surface area contributed by atoms with Crippen LogP contribution in [0.2, 0.25) is 0 Å². The third-order valence-corrected chi connectivity index (χ3v) is 3.27. The third-order valence-electron chi connectivity index (χ3n) is 3.27. The van der Waals surface area contributed by atoms with Crippen molar-refractivity contribution in [3.05, 3.63) is 72.1 Å². The van der Waals surface area contributed by atoms with Gasteiger partial charge in [0.25, 0.3) is 0 Å². The highest BCUT2D eigenvalue weighted by Gasteiger charge is 2.00. The second-order valence-corrected chi connectivity index (χ2v) is 4.68. The Morgan fingerprint density at radius 2 is 1.79 bits per heavy atom. The summed E-state index contributed by atoms with van der Waals surface area (Å²) < 4.78 is 0. The van der Waals surface area contributed by atoms with E-state index in [9.17, 15) is 0 Å². The fourth-order valence-corrected chi connectivity index (χ4v) is 2.22. The van der Waals surface area contributed by atoms with Crippen molar-refractivity contribution in [2.24, 2.45) is 0 Å². The highest BCUT2D eigenvalue weighted by atomic mass is 14.9. The van der Waals surface area contributed by atoms with E-state index in [0.717, 1.165) is 17.9 Å². The molecule has 0 bridgehead atoms. The highest BCUT2D eigenvalue weighted by molar-refractivity contribution is 5.85. The third kappa shape index (κ3) is 2.58. The van der Waals surface area contributed by atoms with Crippen molar-refractivity contribution < 1.29 is 0 Å². The van der Waals surface area contributed by atoms with E-state index < -0.39 is 0 Å². The van der Waals surface area contributed by atoms with Crippen molar-refractivity contribution in [2.45, 2.75) is 13.5 Å². The van der Waals surface area contributed by atoms with E-state index in [1.54, 1.807) is 0 Å². The second-order valence-electron chi connectivity index (χ2n) is 4.68.